The minimum absolute atomic E-state index is 0.0329. The SMILES string of the molecule is CS(=O)(=O)N1CCN(C(=O)N2CCC(c3ccsc3)C2)C1=O. The van der Waals surface area contributed by atoms with Gasteiger partial charge < -0.3 is 4.90 Å². The van der Waals surface area contributed by atoms with E-state index in [1.165, 1.54) is 5.56 Å². The third kappa shape index (κ3) is 2.70. The van der Waals surface area contributed by atoms with E-state index in [2.05, 4.69) is 11.4 Å². The average molecular weight is 343 g/mol. The van der Waals surface area contributed by atoms with Crippen LogP contribution >= 0.6 is 11.3 Å². The largest absolute Gasteiger partial charge is 0.341 e. The van der Waals surface area contributed by atoms with Gasteiger partial charge in [-0.1, -0.05) is 0 Å². The van der Waals surface area contributed by atoms with Gasteiger partial charge in [0.25, 0.3) is 0 Å². The fraction of sp³-hybridized carbons (Fsp3) is 0.538. The summed E-state index contributed by atoms with van der Waals surface area (Å²) in [5, 5.41) is 4.08. The highest BCUT2D eigenvalue weighted by atomic mass is 32.2. The highest BCUT2D eigenvalue weighted by Gasteiger charge is 2.41. The van der Waals surface area contributed by atoms with E-state index in [0.29, 0.717) is 19.0 Å². The van der Waals surface area contributed by atoms with E-state index >= 15 is 0 Å². The zero-order valence-electron chi connectivity index (χ0n) is 12.1. The van der Waals surface area contributed by atoms with Crippen molar-refractivity contribution in [2.75, 3.05) is 32.4 Å². The van der Waals surface area contributed by atoms with Gasteiger partial charge in [0.1, 0.15) is 0 Å². The highest BCUT2D eigenvalue weighted by Crippen LogP contribution is 2.29. The fourth-order valence-corrected chi connectivity index (χ4v) is 4.42. The van der Waals surface area contributed by atoms with Crippen molar-refractivity contribution in [3.8, 4) is 0 Å². The van der Waals surface area contributed by atoms with Crippen LogP contribution in [0.1, 0.15) is 17.9 Å². The van der Waals surface area contributed by atoms with E-state index in [0.717, 1.165) is 21.9 Å². The number of amides is 4. The molecule has 2 aliphatic heterocycles. The summed E-state index contributed by atoms with van der Waals surface area (Å²) in [6, 6.07) is 0.913. The van der Waals surface area contributed by atoms with E-state index in [1.807, 2.05) is 5.38 Å². The molecule has 3 heterocycles. The summed E-state index contributed by atoms with van der Waals surface area (Å²) in [5.41, 5.74) is 1.21. The molecule has 2 aliphatic rings. The minimum atomic E-state index is -3.62. The number of imide groups is 1. The first-order valence-electron chi connectivity index (χ1n) is 6.98. The van der Waals surface area contributed by atoms with E-state index in [9.17, 15) is 18.0 Å². The summed E-state index contributed by atoms with van der Waals surface area (Å²) < 4.78 is 23.7. The molecule has 2 saturated heterocycles. The van der Waals surface area contributed by atoms with Crippen molar-refractivity contribution in [1.82, 2.24) is 14.1 Å². The maximum Gasteiger partial charge on any atom is 0.341 e. The number of carbonyl (C=O) groups excluding carboxylic acids is 2. The van der Waals surface area contributed by atoms with Crippen molar-refractivity contribution in [3.05, 3.63) is 22.4 Å². The van der Waals surface area contributed by atoms with E-state index < -0.39 is 22.1 Å². The Hall–Kier alpha value is -1.61. The number of rotatable bonds is 2. The molecule has 120 valence electrons. The number of urea groups is 2. The molecule has 0 spiro atoms. The number of carbonyl (C=O) groups is 2. The maximum absolute atomic E-state index is 12.5. The average Bonchev–Trinajstić information content (AvgIpc) is 3.17. The van der Waals surface area contributed by atoms with Gasteiger partial charge in [-0.05, 0) is 28.8 Å². The first-order chi connectivity index (χ1) is 10.4. The van der Waals surface area contributed by atoms with E-state index in [4.69, 9.17) is 0 Å². The molecular weight excluding hydrogens is 326 g/mol. The van der Waals surface area contributed by atoms with Crippen LogP contribution in [0.5, 0.6) is 0 Å². The smallest absolute Gasteiger partial charge is 0.324 e. The Balaban J connectivity index is 1.67. The van der Waals surface area contributed by atoms with Crippen molar-refractivity contribution in [1.29, 1.82) is 0 Å². The molecule has 9 heteroatoms. The van der Waals surface area contributed by atoms with Gasteiger partial charge in [0, 0.05) is 19.0 Å². The summed E-state index contributed by atoms with van der Waals surface area (Å²) in [5.74, 6) is 0.291. The van der Waals surface area contributed by atoms with Gasteiger partial charge in [0.05, 0.1) is 19.3 Å². The molecule has 22 heavy (non-hydrogen) atoms. The van der Waals surface area contributed by atoms with Crippen LogP contribution in [0, 0.1) is 0 Å². The van der Waals surface area contributed by atoms with Crippen LogP contribution in [0.2, 0.25) is 0 Å². The summed E-state index contributed by atoms with van der Waals surface area (Å²) in [6.45, 7) is 1.30. The van der Waals surface area contributed by atoms with Crippen molar-refractivity contribution in [2.24, 2.45) is 0 Å². The monoisotopic (exact) mass is 343 g/mol. The van der Waals surface area contributed by atoms with Gasteiger partial charge in [-0.15, -0.1) is 0 Å². The number of thiophene rings is 1. The van der Waals surface area contributed by atoms with Gasteiger partial charge >= 0.3 is 12.1 Å². The van der Waals surface area contributed by atoms with Crippen molar-refractivity contribution >= 4 is 33.4 Å². The summed E-state index contributed by atoms with van der Waals surface area (Å²) in [7, 11) is -3.62. The predicted molar refractivity (Wildman–Crippen MR) is 82.3 cm³/mol. The third-order valence-electron chi connectivity index (χ3n) is 4.08. The molecule has 0 aromatic carbocycles. The molecule has 0 radical (unpaired) electrons. The molecule has 2 fully saturated rings. The maximum atomic E-state index is 12.5. The lowest BCUT2D eigenvalue weighted by Gasteiger charge is -2.22. The quantitative estimate of drug-likeness (QED) is 0.812. The molecule has 1 unspecified atom stereocenters. The summed E-state index contributed by atoms with van der Waals surface area (Å²) >= 11 is 1.62. The van der Waals surface area contributed by atoms with Crippen molar-refractivity contribution in [2.45, 2.75) is 12.3 Å². The van der Waals surface area contributed by atoms with E-state index in [1.54, 1.807) is 16.2 Å². The fourth-order valence-electron chi connectivity index (χ4n) is 2.89. The Morgan fingerprint density at radius 3 is 2.68 bits per heavy atom. The molecule has 0 aliphatic carbocycles. The second kappa shape index (κ2) is 5.54. The lowest BCUT2D eigenvalue weighted by molar-refractivity contribution is 0.169. The van der Waals surface area contributed by atoms with Crippen LogP contribution in [0.4, 0.5) is 9.59 Å². The van der Waals surface area contributed by atoms with Gasteiger partial charge in [-0.3, -0.25) is 0 Å². The molecule has 1 aromatic heterocycles. The zero-order valence-corrected chi connectivity index (χ0v) is 13.8. The Morgan fingerprint density at radius 1 is 1.32 bits per heavy atom. The van der Waals surface area contributed by atoms with Gasteiger partial charge in [-0.25, -0.2) is 27.2 Å². The van der Waals surface area contributed by atoms with Crippen LogP contribution in [0.3, 0.4) is 0 Å². The number of hydrogen-bond acceptors (Lipinski definition) is 5. The molecule has 1 atom stereocenters. The van der Waals surface area contributed by atoms with Crippen molar-refractivity contribution in [3.63, 3.8) is 0 Å². The minimum Gasteiger partial charge on any atom is -0.324 e. The van der Waals surface area contributed by atoms with Gasteiger partial charge in [-0.2, -0.15) is 11.3 Å². The summed E-state index contributed by atoms with van der Waals surface area (Å²) in [4.78, 5) is 27.2. The zero-order chi connectivity index (χ0) is 15.9. The molecule has 1 aromatic rings. The number of sulfonamides is 1. The first-order valence-corrected chi connectivity index (χ1v) is 9.77. The molecule has 0 bridgehead atoms. The lowest BCUT2D eigenvalue weighted by atomic mass is 10.0. The van der Waals surface area contributed by atoms with Crippen LogP contribution in [-0.2, 0) is 10.0 Å². The second-order valence-corrected chi connectivity index (χ2v) is 8.23. The molecule has 0 N–H and O–H groups in total. The second-order valence-electron chi connectivity index (χ2n) is 5.54. The third-order valence-corrected chi connectivity index (χ3v) is 5.92. The van der Waals surface area contributed by atoms with Crippen LogP contribution in [0.15, 0.2) is 16.8 Å². The first kappa shape index (κ1) is 15.3. The Labute approximate surface area is 133 Å². The Morgan fingerprint density at radius 2 is 2.09 bits per heavy atom. The molecule has 0 saturated carbocycles. The lowest BCUT2D eigenvalue weighted by Crippen LogP contribution is -2.45. The number of nitrogens with zero attached hydrogens (tertiary/aromatic N) is 3. The molecule has 7 nitrogen and oxygen atoms in total. The highest BCUT2D eigenvalue weighted by molar-refractivity contribution is 7.88. The molecule has 3 rings (SSSR count). The van der Waals surface area contributed by atoms with Crippen LogP contribution in [-0.4, -0.2) is 67.0 Å². The normalized spacial score (nSPS) is 22.7. The van der Waals surface area contributed by atoms with Crippen molar-refractivity contribution < 1.29 is 18.0 Å². The van der Waals surface area contributed by atoms with E-state index in [-0.39, 0.29) is 13.1 Å². The molecular formula is C13H17N3O4S2. The van der Waals surface area contributed by atoms with Crippen LogP contribution < -0.4 is 0 Å². The summed E-state index contributed by atoms with van der Waals surface area (Å²) in [6.07, 6.45) is 1.83. The Bertz CT molecular complexity index is 686. The standard InChI is InChI=1S/C13H17N3O4S2/c1-22(19,20)16-6-5-15(13(16)18)12(17)14-4-2-10(8-14)11-3-7-21-9-11/h3,7,9-10H,2,4-6,8H2,1H3. The van der Waals surface area contributed by atoms with Gasteiger partial charge in [0.2, 0.25) is 10.0 Å². The predicted octanol–water partition coefficient (Wildman–Crippen LogP) is 1.35. The Kier molecular flexibility index (Phi) is 3.85. The van der Waals surface area contributed by atoms with Gasteiger partial charge in [0.15, 0.2) is 0 Å². The topological polar surface area (TPSA) is 78.0 Å². The molecule has 4 amide bonds. The number of likely N-dealkylation sites (tertiary alicyclic amines) is 1. The van der Waals surface area contributed by atoms with Crippen LogP contribution in [0.25, 0.3) is 0 Å². The number of hydrogen-bond donors (Lipinski definition) is 0.